The zero-order valence-corrected chi connectivity index (χ0v) is 16.2. The zero-order valence-electron chi connectivity index (χ0n) is 13.9. The van der Waals surface area contributed by atoms with Gasteiger partial charge in [0.1, 0.15) is 11.3 Å². The van der Waals surface area contributed by atoms with Crippen LogP contribution in [0, 0.1) is 0 Å². The lowest BCUT2D eigenvalue weighted by atomic mass is 10.0. The van der Waals surface area contributed by atoms with Gasteiger partial charge in [-0.3, -0.25) is 0 Å². The van der Waals surface area contributed by atoms with Crippen LogP contribution in [0.5, 0.6) is 5.75 Å². The molecular formula is C20H15BrClNO3. The number of aryl methyl sites for hydroxylation is 1. The van der Waals surface area contributed by atoms with Crippen LogP contribution in [0.15, 0.2) is 44.0 Å². The van der Waals surface area contributed by atoms with E-state index in [2.05, 4.69) is 15.9 Å². The van der Waals surface area contributed by atoms with E-state index in [1.54, 1.807) is 0 Å². The molecule has 0 fully saturated rings. The van der Waals surface area contributed by atoms with E-state index < -0.39 is 0 Å². The van der Waals surface area contributed by atoms with Gasteiger partial charge < -0.3 is 14.1 Å². The lowest BCUT2D eigenvalue weighted by Gasteiger charge is -2.31. The Morgan fingerprint density at radius 2 is 1.92 bits per heavy atom. The standard InChI is InChI=1S/C20H15BrClNO3/c21-11-4-6-17(16(22)8-11)23-9-15-18(25-10-23)7-5-13-12-2-1-3-14(12)20(24)26-19(13)15/h4-8H,1-3,9-10H2. The molecule has 3 aromatic rings. The fraction of sp³-hybridized carbons (Fsp3) is 0.250. The number of halogens is 2. The normalized spacial score (nSPS) is 15.7. The van der Waals surface area contributed by atoms with Gasteiger partial charge in [0.2, 0.25) is 0 Å². The highest BCUT2D eigenvalue weighted by molar-refractivity contribution is 9.10. The first kappa shape index (κ1) is 16.2. The summed E-state index contributed by atoms with van der Waals surface area (Å²) in [6, 6.07) is 9.77. The maximum Gasteiger partial charge on any atom is 0.339 e. The maximum atomic E-state index is 12.4. The number of fused-ring (bicyclic) bond motifs is 5. The van der Waals surface area contributed by atoms with E-state index in [4.69, 9.17) is 20.8 Å². The third-order valence-electron chi connectivity index (χ3n) is 5.18. The van der Waals surface area contributed by atoms with E-state index >= 15 is 0 Å². The van der Waals surface area contributed by atoms with Crippen molar-refractivity contribution in [2.24, 2.45) is 0 Å². The van der Waals surface area contributed by atoms with E-state index in [0.717, 1.165) is 57.2 Å². The first-order valence-electron chi connectivity index (χ1n) is 8.55. The number of ether oxygens (including phenoxy) is 1. The number of rotatable bonds is 1. The summed E-state index contributed by atoms with van der Waals surface area (Å²) in [6.07, 6.45) is 2.74. The molecule has 1 aliphatic heterocycles. The van der Waals surface area contributed by atoms with Crippen LogP contribution in [0.2, 0.25) is 5.02 Å². The predicted molar refractivity (Wildman–Crippen MR) is 105 cm³/mol. The lowest BCUT2D eigenvalue weighted by Crippen LogP contribution is -2.32. The Hall–Kier alpha value is -1.98. The van der Waals surface area contributed by atoms with Crippen molar-refractivity contribution in [2.45, 2.75) is 25.8 Å². The topological polar surface area (TPSA) is 42.7 Å². The van der Waals surface area contributed by atoms with Crippen molar-refractivity contribution in [2.75, 3.05) is 11.6 Å². The zero-order chi connectivity index (χ0) is 17.8. The summed E-state index contributed by atoms with van der Waals surface area (Å²) in [5.41, 5.74) is 4.20. The number of nitrogens with zero attached hydrogens (tertiary/aromatic N) is 1. The number of anilines is 1. The van der Waals surface area contributed by atoms with E-state index in [1.165, 1.54) is 0 Å². The first-order valence-corrected chi connectivity index (χ1v) is 9.72. The SMILES string of the molecule is O=c1oc2c3c(ccc2c2c1CCC2)OCN(c1ccc(Br)cc1Cl)C3. The molecule has 0 saturated carbocycles. The Morgan fingerprint density at radius 3 is 2.77 bits per heavy atom. The van der Waals surface area contributed by atoms with Crippen LogP contribution in [0.3, 0.4) is 0 Å². The fourth-order valence-corrected chi connectivity index (χ4v) is 4.74. The van der Waals surface area contributed by atoms with Gasteiger partial charge in [-0.05, 0) is 55.2 Å². The second-order valence-electron chi connectivity index (χ2n) is 6.69. The molecule has 0 amide bonds. The Balaban J connectivity index is 1.65. The first-order chi connectivity index (χ1) is 12.6. The third kappa shape index (κ3) is 2.45. The molecule has 4 nitrogen and oxygen atoms in total. The van der Waals surface area contributed by atoms with Gasteiger partial charge >= 0.3 is 5.63 Å². The van der Waals surface area contributed by atoms with Gasteiger partial charge in [0.05, 0.1) is 22.8 Å². The van der Waals surface area contributed by atoms with Crippen LogP contribution in [0.4, 0.5) is 5.69 Å². The van der Waals surface area contributed by atoms with Crippen molar-refractivity contribution in [1.29, 1.82) is 0 Å². The van der Waals surface area contributed by atoms with Gasteiger partial charge in [-0.2, -0.15) is 0 Å². The van der Waals surface area contributed by atoms with E-state index in [9.17, 15) is 4.79 Å². The van der Waals surface area contributed by atoms with E-state index in [0.29, 0.717) is 23.9 Å². The van der Waals surface area contributed by atoms with E-state index in [1.807, 2.05) is 35.2 Å². The largest absolute Gasteiger partial charge is 0.473 e. The number of benzene rings is 2. The Morgan fingerprint density at radius 1 is 1.08 bits per heavy atom. The molecule has 2 aliphatic rings. The summed E-state index contributed by atoms with van der Waals surface area (Å²) >= 11 is 9.84. The molecule has 0 unspecified atom stereocenters. The minimum atomic E-state index is -0.211. The Bertz CT molecular complexity index is 1110. The molecule has 2 aromatic carbocycles. The van der Waals surface area contributed by atoms with Gasteiger partial charge in [0, 0.05) is 15.4 Å². The van der Waals surface area contributed by atoms with Crippen molar-refractivity contribution in [1.82, 2.24) is 0 Å². The van der Waals surface area contributed by atoms with E-state index in [-0.39, 0.29) is 5.63 Å². The molecule has 0 radical (unpaired) electrons. The van der Waals surface area contributed by atoms with Crippen LogP contribution in [0.25, 0.3) is 11.0 Å². The average molecular weight is 433 g/mol. The quantitative estimate of drug-likeness (QED) is 0.504. The molecule has 132 valence electrons. The van der Waals surface area contributed by atoms with Gasteiger partial charge in [-0.15, -0.1) is 0 Å². The molecule has 0 N–H and O–H groups in total. The molecule has 0 saturated heterocycles. The minimum absolute atomic E-state index is 0.211. The molecule has 0 bridgehead atoms. The van der Waals surface area contributed by atoms with Crippen molar-refractivity contribution < 1.29 is 9.15 Å². The maximum absolute atomic E-state index is 12.4. The second-order valence-corrected chi connectivity index (χ2v) is 8.01. The highest BCUT2D eigenvalue weighted by atomic mass is 79.9. The molecular weight excluding hydrogens is 418 g/mol. The van der Waals surface area contributed by atoms with Gasteiger partial charge in [-0.1, -0.05) is 27.5 Å². The van der Waals surface area contributed by atoms with Crippen molar-refractivity contribution in [3.8, 4) is 5.75 Å². The summed E-state index contributed by atoms with van der Waals surface area (Å²) in [6.45, 7) is 0.977. The van der Waals surface area contributed by atoms with Crippen molar-refractivity contribution in [3.63, 3.8) is 0 Å². The Kier molecular flexibility index (Phi) is 3.76. The summed E-state index contributed by atoms with van der Waals surface area (Å²) in [5, 5.41) is 1.68. The highest BCUT2D eigenvalue weighted by Gasteiger charge is 2.26. The summed E-state index contributed by atoms with van der Waals surface area (Å²) in [5.74, 6) is 0.767. The summed E-state index contributed by atoms with van der Waals surface area (Å²) in [4.78, 5) is 14.5. The molecule has 5 rings (SSSR count). The minimum Gasteiger partial charge on any atom is -0.473 e. The van der Waals surface area contributed by atoms with Gasteiger partial charge in [0.25, 0.3) is 0 Å². The molecule has 0 spiro atoms. The highest BCUT2D eigenvalue weighted by Crippen LogP contribution is 2.38. The Labute approximate surface area is 163 Å². The van der Waals surface area contributed by atoms with Gasteiger partial charge in [0.15, 0.2) is 6.73 Å². The van der Waals surface area contributed by atoms with Crippen LogP contribution in [-0.4, -0.2) is 6.73 Å². The summed E-state index contributed by atoms with van der Waals surface area (Å²) < 4.78 is 12.6. The average Bonchev–Trinajstić information content (AvgIpc) is 3.12. The predicted octanol–water partition coefficient (Wildman–Crippen LogP) is 5.05. The molecule has 1 aliphatic carbocycles. The molecule has 26 heavy (non-hydrogen) atoms. The molecule has 2 heterocycles. The van der Waals surface area contributed by atoms with Gasteiger partial charge in [-0.25, -0.2) is 4.79 Å². The van der Waals surface area contributed by atoms with Crippen LogP contribution >= 0.6 is 27.5 Å². The monoisotopic (exact) mass is 431 g/mol. The number of hydrogen-bond acceptors (Lipinski definition) is 4. The van der Waals surface area contributed by atoms with Crippen LogP contribution < -0.4 is 15.3 Å². The smallest absolute Gasteiger partial charge is 0.339 e. The fourth-order valence-electron chi connectivity index (χ4n) is 3.95. The van der Waals surface area contributed by atoms with Crippen molar-refractivity contribution in [3.05, 3.63) is 66.9 Å². The van der Waals surface area contributed by atoms with Crippen LogP contribution in [-0.2, 0) is 19.4 Å². The molecule has 6 heteroatoms. The lowest BCUT2D eigenvalue weighted by molar-refractivity contribution is 0.289. The summed E-state index contributed by atoms with van der Waals surface area (Å²) in [7, 11) is 0. The molecule has 0 atom stereocenters. The van der Waals surface area contributed by atoms with Crippen molar-refractivity contribution >= 4 is 44.2 Å². The number of hydrogen-bond donors (Lipinski definition) is 0. The second kappa shape index (κ2) is 6.03. The molecule has 1 aromatic heterocycles. The third-order valence-corrected chi connectivity index (χ3v) is 5.97. The van der Waals surface area contributed by atoms with Crippen LogP contribution in [0.1, 0.15) is 23.1 Å².